The summed E-state index contributed by atoms with van der Waals surface area (Å²) in [5, 5.41) is 2.81. The van der Waals surface area contributed by atoms with Gasteiger partial charge in [-0.1, -0.05) is 66.7 Å². The molecule has 0 saturated carbocycles. The van der Waals surface area contributed by atoms with Crippen LogP contribution in [0.1, 0.15) is 30.5 Å². The third kappa shape index (κ3) is 8.72. The van der Waals surface area contributed by atoms with Gasteiger partial charge in [-0.25, -0.2) is 12.8 Å². The van der Waals surface area contributed by atoms with Crippen LogP contribution in [-0.4, -0.2) is 43.8 Å². The first kappa shape index (κ1) is 34.2. The molecule has 4 aromatic carbocycles. The molecular weight excluding hydrogens is 622 g/mol. The van der Waals surface area contributed by atoms with E-state index >= 15 is 0 Å². The zero-order chi connectivity index (χ0) is 33.5. The number of halogens is 4. The molecular formula is C34H33F4N3O4S. The highest BCUT2D eigenvalue weighted by Crippen LogP contribution is 2.33. The summed E-state index contributed by atoms with van der Waals surface area (Å²) in [5.41, 5.74) is -0.344. The van der Waals surface area contributed by atoms with E-state index in [4.69, 9.17) is 0 Å². The molecule has 4 aromatic rings. The monoisotopic (exact) mass is 655 g/mol. The van der Waals surface area contributed by atoms with Crippen molar-refractivity contribution in [3.05, 3.63) is 132 Å². The number of anilines is 1. The molecule has 0 aliphatic carbocycles. The normalized spacial score (nSPS) is 12.4. The van der Waals surface area contributed by atoms with Crippen molar-refractivity contribution in [1.82, 2.24) is 10.2 Å². The first-order valence-electron chi connectivity index (χ1n) is 14.4. The molecule has 1 atom stereocenters. The zero-order valence-electron chi connectivity index (χ0n) is 25.1. The van der Waals surface area contributed by atoms with E-state index in [1.54, 1.807) is 50.2 Å². The lowest BCUT2D eigenvalue weighted by Crippen LogP contribution is -2.54. The van der Waals surface area contributed by atoms with E-state index < -0.39 is 52.0 Å². The van der Waals surface area contributed by atoms with Gasteiger partial charge in [0.05, 0.1) is 16.1 Å². The SMILES string of the molecule is CC(C)NC(=O)C(Cc1ccccc1)N(Cc1ccc(F)cc1)C(=O)CN(c1cccc(C(F)(F)F)c1)S(=O)(=O)c1ccccc1. The number of amides is 2. The number of benzene rings is 4. The van der Waals surface area contributed by atoms with E-state index in [0.717, 1.165) is 12.1 Å². The van der Waals surface area contributed by atoms with Gasteiger partial charge in [0.15, 0.2) is 0 Å². The van der Waals surface area contributed by atoms with Gasteiger partial charge in [-0.2, -0.15) is 13.2 Å². The summed E-state index contributed by atoms with van der Waals surface area (Å²) < 4.78 is 83.4. The quantitative estimate of drug-likeness (QED) is 0.184. The highest BCUT2D eigenvalue weighted by Gasteiger charge is 2.36. The fraction of sp³-hybridized carbons (Fsp3) is 0.235. The van der Waals surface area contributed by atoms with E-state index in [2.05, 4.69) is 5.32 Å². The topological polar surface area (TPSA) is 86.8 Å². The predicted molar refractivity (Wildman–Crippen MR) is 167 cm³/mol. The van der Waals surface area contributed by atoms with Gasteiger partial charge < -0.3 is 10.2 Å². The lowest BCUT2D eigenvalue weighted by molar-refractivity contribution is -0.140. The summed E-state index contributed by atoms with van der Waals surface area (Å²) in [7, 11) is -4.58. The van der Waals surface area contributed by atoms with E-state index in [9.17, 15) is 35.6 Å². The number of hydrogen-bond acceptors (Lipinski definition) is 4. The number of hydrogen-bond donors (Lipinski definition) is 1. The van der Waals surface area contributed by atoms with E-state index in [1.165, 1.54) is 59.5 Å². The molecule has 1 unspecified atom stereocenters. The summed E-state index contributed by atoms with van der Waals surface area (Å²) in [5.74, 6) is -1.91. The fourth-order valence-corrected chi connectivity index (χ4v) is 6.23. The van der Waals surface area contributed by atoms with Crippen molar-refractivity contribution in [2.45, 2.75) is 50.0 Å². The van der Waals surface area contributed by atoms with Gasteiger partial charge in [-0.15, -0.1) is 0 Å². The second-order valence-electron chi connectivity index (χ2n) is 10.9. The molecule has 0 bridgehead atoms. The second-order valence-corrected chi connectivity index (χ2v) is 12.8. The molecule has 0 aliphatic heterocycles. The summed E-state index contributed by atoms with van der Waals surface area (Å²) >= 11 is 0. The lowest BCUT2D eigenvalue weighted by Gasteiger charge is -2.34. The van der Waals surface area contributed by atoms with Crippen molar-refractivity contribution in [3.63, 3.8) is 0 Å². The Morgan fingerprint density at radius 1 is 0.804 bits per heavy atom. The number of sulfonamides is 1. The fourth-order valence-electron chi connectivity index (χ4n) is 4.81. The van der Waals surface area contributed by atoms with Gasteiger partial charge in [0.1, 0.15) is 18.4 Å². The predicted octanol–water partition coefficient (Wildman–Crippen LogP) is 6.20. The van der Waals surface area contributed by atoms with Gasteiger partial charge in [-0.3, -0.25) is 13.9 Å². The number of alkyl halides is 3. The van der Waals surface area contributed by atoms with Crippen LogP contribution in [0.5, 0.6) is 0 Å². The molecule has 0 aliphatic rings. The van der Waals surface area contributed by atoms with Crippen LogP contribution < -0.4 is 9.62 Å². The van der Waals surface area contributed by atoms with Crippen molar-refractivity contribution in [2.75, 3.05) is 10.8 Å². The summed E-state index contributed by atoms with van der Waals surface area (Å²) in [6.45, 7) is 2.33. The standard InChI is InChI=1S/C34H33F4N3O4S/c1-24(2)39-33(43)31(20-25-10-5-3-6-11-25)40(22-26-16-18-28(35)19-17-26)32(42)23-41(46(44,45)30-14-7-4-8-15-30)29-13-9-12-27(21-29)34(36,37)38/h3-19,21,24,31H,20,22-23H2,1-2H3,(H,39,43). The Morgan fingerprint density at radius 3 is 2.00 bits per heavy atom. The van der Waals surface area contributed by atoms with Crippen LogP contribution in [0.4, 0.5) is 23.2 Å². The van der Waals surface area contributed by atoms with E-state index in [-0.39, 0.29) is 29.6 Å². The van der Waals surface area contributed by atoms with Crippen LogP contribution in [-0.2, 0) is 38.8 Å². The largest absolute Gasteiger partial charge is 0.416 e. The molecule has 2 amide bonds. The van der Waals surface area contributed by atoms with E-state index in [0.29, 0.717) is 21.5 Å². The average molecular weight is 656 g/mol. The Bertz CT molecular complexity index is 1730. The molecule has 0 saturated heterocycles. The van der Waals surface area contributed by atoms with E-state index in [1.807, 2.05) is 0 Å². The molecule has 0 radical (unpaired) electrons. The minimum atomic E-state index is -4.79. The number of rotatable bonds is 12. The van der Waals surface area contributed by atoms with Gasteiger partial charge >= 0.3 is 6.18 Å². The van der Waals surface area contributed by atoms with Crippen molar-refractivity contribution in [2.24, 2.45) is 0 Å². The van der Waals surface area contributed by atoms with Gasteiger partial charge in [0, 0.05) is 19.0 Å². The summed E-state index contributed by atoms with van der Waals surface area (Å²) in [6, 6.07) is 23.3. The number of nitrogens with zero attached hydrogens (tertiary/aromatic N) is 2. The smallest absolute Gasteiger partial charge is 0.352 e. The number of carbonyl (C=O) groups is 2. The summed E-state index contributed by atoms with van der Waals surface area (Å²) in [4.78, 5) is 28.9. The minimum absolute atomic E-state index is 0.0430. The maximum atomic E-state index is 14.3. The molecule has 0 aromatic heterocycles. The first-order valence-corrected chi connectivity index (χ1v) is 15.8. The third-order valence-electron chi connectivity index (χ3n) is 7.04. The molecule has 12 heteroatoms. The molecule has 46 heavy (non-hydrogen) atoms. The van der Waals surface area contributed by atoms with Gasteiger partial charge in [0.2, 0.25) is 11.8 Å². The Labute approximate surface area is 265 Å². The van der Waals surface area contributed by atoms with Crippen LogP contribution in [0.15, 0.2) is 114 Å². The Balaban J connectivity index is 1.83. The lowest BCUT2D eigenvalue weighted by atomic mass is 10.0. The Morgan fingerprint density at radius 2 is 1.41 bits per heavy atom. The van der Waals surface area contributed by atoms with Gasteiger partial charge in [-0.05, 0) is 67.4 Å². The Kier molecular flexibility index (Phi) is 10.8. The first-order chi connectivity index (χ1) is 21.8. The highest BCUT2D eigenvalue weighted by molar-refractivity contribution is 7.92. The van der Waals surface area contributed by atoms with Crippen molar-refractivity contribution in [3.8, 4) is 0 Å². The molecule has 0 heterocycles. The van der Waals surface area contributed by atoms with Crippen LogP contribution >= 0.6 is 0 Å². The molecule has 242 valence electrons. The van der Waals surface area contributed by atoms with Gasteiger partial charge in [0.25, 0.3) is 10.0 Å². The molecule has 7 nitrogen and oxygen atoms in total. The molecule has 0 spiro atoms. The van der Waals surface area contributed by atoms with Crippen LogP contribution in [0, 0.1) is 5.82 Å². The van der Waals surface area contributed by atoms with Crippen molar-refractivity contribution in [1.29, 1.82) is 0 Å². The van der Waals surface area contributed by atoms with Crippen LogP contribution in [0.2, 0.25) is 0 Å². The number of carbonyl (C=O) groups excluding carboxylic acids is 2. The highest BCUT2D eigenvalue weighted by atomic mass is 32.2. The maximum Gasteiger partial charge on any atom is 0.416 e. The number of nitrogens with one attached hydrogen (secondary N) is 1. The van der Waals surface area contributed by atoms with Crippen molar-refractivity contribution >= 4 is 27.5 Å². The minimum Gasteiger partial charge on any atom is -0.352 e. The molecule has 1 N–H and O–H groups in total. The zero-order valence-corrected chi connectivity index (χ0v) is 25.9. The van der Waals surface area contributed by atoms with Crippen LogP contribution in [0.3, 0.4) is 0 Å². The Hall–Kier alpha value is -4.71. The van der Waals surface area contributed by atoms with Crippen LogP contribution in [0.25, 0.3) is 0 Å². The maximum absolute atomic E-state index is 14.3. The molecule has 4 rings (SSSR count). The average Bonchev–Trinajstić information content (AvgIpc) is 3.02. The van der Waals surface area contributed by atoms with Crippen molar-refractivity contribution < 1.29 is 35.6 Å². The summed E-state index contributed by atoms with van der Waals surface area (Å²) in [6.07, 6.45) is -4.74. The third-order valence-corrected chi connectivity index (χ3v) is 8.83. The second kappa shape index (κ2) is 14.6. The molecule has 0 fully saturated rings.